The average Bonchev–Trinajstić information content (AvgIpc) is 2.64. The van der Waals surface area contributed by atoms with Crippen molar-refractivity contribution in [2.24, 2.45) is 0 Å². The van der Waals surface area contributed by atoms with Crippen molar-refractivity contribution >= 4 is 17.4 Å². The minimum absolute atomic E-state index is 0.123. The Bertz CT molecular complexity index is 768. The molecule has 1 saturated heterocycles. The molecule has 1 aliphatic rings. The third-order valence-corrected chi connectivity index (χ3v) is 4.44. The number of nitrogens with one attached hydrogen (secondary N) is 1. The van der Waals surface area contributed by atoms with Gasteiger partial charge in [0.25, 0.3) is 5.91 Å². The first-order valence-electron chi connectivity index (χ1n) is 8.43. The number of anilines is 2. The highest BCUT2D eigenvalue weighted by Crippen LogP contribution is 2.22. The molecule has 0 radical (unpaired) electrons. The number of benzene rings is 1. The number of halogens is 2. The van der Waals surface area contributed by atoms with E-state index >= 15 is 0 Å². The average molecular weight is 346 g/mol. The van der Waals surface area contributed by atoms with Gasteiger partial charge in [-0.25, -0.2) is 18.7 Å². The molecular formula is C18H20F2N4O. The third-order valence-electron chi connectivity index (χ3n) is 4.44. The maximum atomic E-state index is 13.3. The van der Waals surface area contributed by atoms with Crippen molar-refractivity contribution in [3.05, 3.63) is 47.9 Å². The van der Waals surface area contributed by atoms with Crippen LogP contribution in [0.5, 0.6) is 0 Å². The van der Waals surface area contributed by atoms with Crippen LogP contribution in [0.25, 0.3) is 0 Å². The van der Waals surface area contributed by atoms with E-state index in [0.717, 1.165) is 44.4 Å². The van der Waals surface area contributed by atoms with Gasteiger partial charge in [0.15, 0.2) is 11.6 Å². The lowest BCUT2D eigenvalue weighted by molar-refractivity contribution is 0.0602. The molecule has 3 rings (SSSR count). The summed E-state index contributed by atoms with van der Waals surface area (Å²) in [7, 11) is 0. The van der Waals surface area contributed by atoms with E-state index in [0.29, 0.717) is 17.2 Å². The summed E-state index contributed by atoms with van der Waals surface area (Å²) in [5.41, 5.74) is 0.640. The smallest absolute Gasteiger partial charge is 0.272 e. The summed E-state index contributed by atoms with van der Waals surface area (Å²) >= 11 is 0. The Morgan fingerprint density at radius 3 is 2.84 bits per heavy atom. The second kappa shape index (κ2) is 7.55. The molecule has 0 saturated carbocycles. The summed E-state index contributed by atoms with van der Waals surface area (Å²) in [4.78, 5) is 22.8. The zero-order valence-corrected chi connectivity index (χ0v) is 14.0. The zero-order valence-electron chi connectivity index (χ0n) is 14.0. The van der Waals surface area contributed by atoms with E-state index < -0.39 is 11.6 Å². The SMILES string of the molecule is CCC1CCCCN1C(=O)c1cc(Nc2ccc(F)c(F)c2)ncn1. The number of rotatable bonds is 4. The predicted octanol–water partition coefficient (Wildman–Crippen LogP) is 3.90. The minimum Gasteiger partial charge on any atom is -0.340 e. The summed E-state index contributed by atoms with van der Waals surface area (Å²) in [6.07, 6.45) is 5.34. The lowest BCUT2D eigenvalue weighted by Gasteiger charge is -2.35. The summed E-state index contributed by atoms with van der Waals surface area (Å²) in [6, 6.07) is 5.24. The molecule has 2 heterocycles. The maximum absolute atomic E-state index is 13.3. The lowest BCUT2D eigenvalue weighted by Crippen LogP contribution is -2.43. The van der Waals surface area contributed by atoms with Crippen molar-refractivity contribution in [3.63, 3.8) is 0 Å². The second-order valence-electron chi connectivity index (χ2n) is 6.10. The van der Waals surface area contributed by atoms with Crippen molar-refractivity contribution in [2.75, 3.05) is 11.9 Å². The molecule has 1 N–H and O–H groups in total. The van der Waals surface area contributed by atoms with Crippen molar-refractivity contribution in [2.45, 2.75) is 38.6 Å². The van der Waals surface area contributed by atoms with E-state index in [2.05, 4.69) is 22.2 Å². The van der Waals surface area contributed by atoms with Gasteiger partial charge in [0.2, 0.25) is 0 Å². The van der Waals surface area contributed by atoms with Crippen LogP contribution in [0.2, 0.25) is 0 Å². The molecule has 25 heavy (non-hydrogen) atoms. The Kier molecular flexibility index (Phi) is 5.21. The van der Waals surface area contributed by atoms with Crippen LogP contribution in [0.4, 0.5) is 20.3 Å². The Balaban J connectivity index is 1.78. The lowest BCUT2D eigenvalue weighted by atomic mass is 9.99. The molecule has 7 heteroatoms. The van der Waals surface area contributed by atoms with E-state index in [-0.39, 0.29) is 11.9 Å². The van der Waals surface area contributed by atoms with Crippen LogP contribution < -0.4 is 5.32 Å². The first kappa shape index (κ1) is 17.3. The topological polar surface area (TPSA) is 58.1 Å². The van der Waals surface area contributed by atoms with E-state index in [1.54, 1.807) is 0 Å². The van der Waals surface area contributed by atoms with Crippen LogP contribution in [0.15, 0.2) is 30.6 Å². The molecule has 0 bridgehead atoms. The Morgan fingerprint density at radius 1 is 1.24 bits per heavy atom. The van der Waals surface area contributed by atoms with Crippen LogP contribution in [-0.4, -0.2) is 33.4 Å². The number of carbonyl (C=O) groups is 1. The van der Waals surface area contributed by atoms with Crippen LogP contribution >= 0.6 is 0 Å². The Morgan fingerprint density at radius 2 is 2.08 bits per heavy atom. The molecule has 1 fully saturated rings. The molecule has 1 atom stereocenters. The van der Waals surface area contributed by atoms with Gasteiger partial charge in [-0.2, -0.15) is 0 Å². The van der Waals surface area contributed by atoms with Crippen LogP contribution in [0.1, 0.15) is 43.1 Å². The molecule has 0 aliphatic carbocycles. The molecule has 1 aromatic heterocycles. The number of nitrogens with zero attached hydrogens (tertiary/aromatic N) is 3. The zero-order chi connectivity index (χ0) is 17.8. The molecule has 5 nitrogen and oxygen atoms in total. The second-order valence-corrected chi connectivity index (χ2v) is 6.10. The van der Waals surface area contributed by atoms with E-state index in [1.807, 2.05) is 4.90 Å². The minimum atomic E-state index is -0.950. The molecule has 1 unspecified atom stereocenters. The fourth-order valence-corrected chi connectivity index (χ4v) is 3.10. The largest absolute Gasteiger partial charge is 0.340 e. The Hall–Kier alpha value is -2.57. The molecule has 1 aromatic carbocycles. The number of hydrogen-bond donors (Lipinski definition) is 1. The summed E-state index contributed by atoms with van der Waals surface area (Å²) in [5.74, 6) is -1.63. The first-order chi connectivity index (χ1) is 12.1. The quantitative estimate of drug-likeness (QED) is 0.912. The predicted molar refractivity (Wildman–Crippen MR) is 90.6 cm³/mol. The number of amides is 1. The van der Waals surface area contributed by atoms with E-state index in [1.165, 1.54) is 18.5 Å². The number of carbonyl (C=O) groups excluding carboxylic acids is 1. The monoisotopic (exact) mass is 346 g/mol. The highest BCUT2D eigenvalue weighted by atomic mass is 19.2. The molecular weight excluding hydrogens is 326 g/mol. The first-order valence-corrected chi connectivity index (χ1v) is 8.43. The standard InChI is InChI=1S/C18H20F2N4O/c1-2-13-5-3-4-8-24(13)18(25)16-10-17(22-11-21-16)23-12-6-7-14(19)15(20)9-12/h6-7,9-11,13H,2-5,8H2,1H3,(H,21,22,23). The molecule has 1 aliphatic heterocycles. The molecule has 2 aromatic rings. The summed E-state index contributed by atoms with van der Waals surface area (Å²) in [5, 5.41) is 2.87. The van der Waals surface area contributed by atoms with Gasteiger partial charge in [-0.3, -0.25) is 4.79 Å². The van der Waals surface area contributed by atoms with E-state index in [4.69, 9.17) is 0 Å². The van der Waals surface area contributed by atoms with Crippen molar-refractivity contribution < 1.29 is 13.6 Å². The van der Waals surface area contributed by atoms with Crippen LogP contribution in [-0.2, 0) is 0 Å². The van der Waals surface area contributed by atoms with Crippen molar-refractivity contribution in [1.29, 1.82) is 0 Å². The van der Waals surface area contributed by atoms with Crippen molar-refractivity contribution in [1.82, 2.24) is 14.9 Å². The number of likely N-dealkylation sites (tertiary alicyclic amines) is 1. The number of hydrogen-bond acceptors (Lipinski definition) is 4. The van der Waals surface area contributed by atoms with Gasteiger partial charge in [0.05, 0.1) is 0 Å². The number of piperidine rings is 1. The van der Waals surface area contributed by atoms with Gasteiger partial charge in [0, 0.05) is 30.4 Å². The van der Waals surface area contributed by atoms with Crippen molar-refractivity contribution in [3.8, 4) is 0 Å². The molecule has 0 spiro atoms. The Labute approximate surface area is 145 Å². The highest BCUT2D eigenvalue weighted by molar-refractivity contribution is 5.93. The highest BCUT2D eigenvalue weighted by Gasteiger charge is 2.27. The number of aromatic nitrogens is 2. The fourth-order valence-electron chi connectivity index (χ4n) is 3.10. The van der Waals surface area contributed by atoms with Gasteiger partial charge in [0.1, 0.15) is 17.8 Å². The third kappa shape index (κ3) is 3.92. The van der Waals surface area contributed by atoms with Gasteiger partial charge in [-0.05, 0) is 37.8 Å². The van der Waals surface area contributed by atoms with Gasteiger partial charge >= 0.3 is 0 Å². The van der Waals surface area contributed by atoms with Gasteiger partial charge in [-0.1, -0.05) is 6.92 Å². The summed E-state index contributed by atoms with van der Waals surface area (Å²) < 4.78 is 26.3. The summed E-state index contributed by atoms with van der Waals surface area (Å²) in [6.45, 7) is 2.81. The normalized spacial score (nSPS) is 17.4. The molecule has 1 amide bonds. The van der Waals surface area contributed by atoms with Gasteiger partial charge < -0.3 is 10.2 Å². The van der Waals surface area contributed by atoms with Crippen LogP contribution in [0, 0.1) is 11.6 Å². The fraction of sp³-hybridized carbons (Fsp3) is 0.389. The molecule has 132 valence electrons. The van der Waals surface area contributed by atoms with Crippen LogP contribution in [0.3, 0.4) is 0 Å². The maximum Gasteiger partial charge on any atom is 0.272 e. The van der Waals surface area contributed by atoms with Gasteiger partial charge in [-0.15, -0.1) is 0 Å². The van der Waals surface area contributed by atoms with E-state index in [9.17, 15) is 13.6 Å².